The van der Waals surface area contributed by atoms with E-state index in [0.717, 1.165) is 25.0 Å². The van der Waals surface area contributed by atoms with Crippen molar-refractivity contribution < 1.29 is 13.6 Å². The zero-order valence-electron chi connectivity index (χ0n) is 15.7. The maximum absolute atomic E-state index is 13.5. The van der Waals surface area contributed by atoms with Crippen molar-refractivity contribution in [3.8, 4) is 0 Å². The molecule has 0 aliphatic carbocycles. The zero-order chi connectivity index (χ0) is 19.7. The first-order valence-corrected chi connectivity index (χ1v) is 9.57. The molecule has 0 bridgehead atoms. The van der Waals surface area contributed by atoms with Crippen molar-refractivity contribution in [2.24, 2.45) is 5.92 Å². The third-order valence-corrected chi connectivity index (χ3v) is 5.05. The Bertz CT molecular complexity index is 861. The smallest absolute Gasteiger partial charge is 0.225 e. The molecule has 1 atom stereocenters. The normalized spacial score (nSPS) is 17.1. The number of hydrogen-bond acceptors (Lipinski definition) is 4. The van der Waals surface area contributed by atoms with Crippen molar-refractivity contribution in [1.29, 1.82) is 0 Å². The molecule has 1 fully saturated rings. The van der Waals surface area contributed by atoms with Gasteiger partial charge in [-0.3, -0.25) is 4.79 Å². The van der Waals surface area contributed by atoms with Gasteiger partial charge in [-0.2, -0.15) is 0 Å². The van der Waals surface area contributed by atoms with Crippen LogP contribution in [0.4, 0.5) is 14.6 Å². The molecule has 0 unspecified atom stereocenters. The molecule has 8 heteroatoms. The Kier molecular flexibility index (Phi) is 5.79. The van der Waals surface area contributed by atoms with Gasteiger partial charge in [0.1, 0.15) is 0 Å². The second-order valence-corrected chi connectivity index (χ2v) is 7.53. The first kappa shape index (κ1) is 19.7. The number of rotatable bonds is 5. The number of fused-ring (bicyclic) bond motifs is 1. The molecule has 146 valence electrons. The van der Waals surface area contributed by atoms with E-state index < -0.39 is 11.6 Å². The molecule has 1 saturated heterocycles. The van der Waals surface area contributed by atoms with Gasteiger partial charge in [0.25, 0.3) is 0 Å². The molecule has 1 aromatic heterocycles. The molecule has 0 N–H and O–H groups in total. The molecule has 0 saturated carbocycles. The second kappa shape index (κ2) is 7.92. The predicted molar refractivity (Wildman–Crippen MR) is 102 cm³/mol. The van der Waals surface area contributed by atoms with Gasteiger partial charge in [-0.25, -0.2) is 18.7 Å². The minimum atomic E-state index is -0.982. The first-order chi connectivity index (χ1) is 12.8. The van der Waals surface area contributed by atoms with Gasteiger partial charge in [-0.15, -0.1) is 0 Å². The van der Waals surface area contributed by atoms with Gasteiger partial charge in [-0.05, 0) is 12.8 Å². The second-order valence-electron chi connectivity index (χ2n) is 7.17. The van der Waals surface area contributed by atoms with Gasteiger partial charge in [0.15, 0.2) is 22.6 Å². The number of nitrogens with zero attached hydrogens (tertiary/aromatic N) is 4. The van der Waals surface area contributed by atoms with Crippen LogP contribution in [0.2, 0.25) is 5.15 Å². The topological polar surface area (TPSA) is 49.3 Å². The molecule has 2 aromatic rings. The van der Waals surface area contributed by atoms with E-state index in [0.29, 0.717) is 25.5 Å². The van der Waals surface area contributed by atoms with Crippen LogP contribution in [0.3, 0.4) is 0 Å². The lowest BCUT2D eigenvalue weighted by Crippen LogP contribution is -2.44. The molecule has 1 amide bonds. The first-order valence-electron chi connectivity index (χ1n) is 9.19. The summed E-state index contributed by atoms with van der Waals surface area (Å²) >= 11 is 6.26. The fourth-order valence-corrected chi connectivity index (χ4v) is 3.71. The van der Waals surface area contributed by atoms with Crippen molar-refractivity contribution in [1.82, 2.24) is 14.9 Å². The monoisotopic (exact) mass is 396 g/mol. The predicted octanol–water partition coefficient (Wildman–Crippen LogP) is 4.03. The average molecular weight is 397 g/mol. The van der Waals surface area contributed by atoms with Crippen molar-refractivity contribution in [2.75, 3.05) is 24.5 Å². The fourth-order valence-electron chi connectivity index (χ4n) is 3.46. The van der Waals surface area contributed by atoms with E-state index >= 15 is 0 Å². The number of benzene rings is 1. The van der Waals surface area contributed by atoms with Crippen LogP contribution in [0.15, 0.2) is 12.1 Å². The lowest BCUT2D eigenvalue weighted by molar-refractivity contribution is -0.136. The third kappa shape index (κ3) is 3.98. The molecular weight excluding hydrogens is 374 g/mol. The summed E-state index contributed by atoms with van der Waals surface area (Å²) in [6.07, 6.45) is 1.68. The van der Waals surface area contributed by atoms with E-state index in [1.54, 1.807) is 0 Å². The Morgan fingerprint density at radius 2 is 1.93 bits per heavy atom. The highest BCUT2D eigenvalue weighted by atomic mass is 35.5. The highest BCUT2D eigenvalue weighted by molar-refractivity contribution is 6.32. The number of aromatic nitrogens is 2. The largest absolute Gasteiger partial charge is 0.352 e. The van der Waals surface area contributed by atoms with Crippen molar-refractivity contribution in [2.45, 2.75) is 39.7 Å². The van der Waals surface area contributed by atoms with Crippen molar-refractivity contribution in [3.63, 3.8) is 0 Å². The SMILES string of the molecule is CCCN(C(=O)C(C)C)[C@H]1CCN(c2nc3cc(F)c(F)cc3nc2Cl)C1. The Balaban J connectivity index is 1.86. The molecular formula is C19H23ClF2N4O. The summed E-state index contributed by atoms with van der Waals surface area (Å²) in [6.45, 7) is 7.81. The van der Waals surface area contributed by atoms with Crippen LogP contribution in [0.25, 0.3) is 11.0 Å². The summed E-state index contributed by atoms with van der Waals surface area (Å²) in [7, 11) is 0. The van der Waals surface area contributed by atoms with Gasteiger partial charge in [0.05, 0.1) is 17.1 Å². The maximum atomic E-state index is 13.5. The van der Waals surface area contributed by atoms with Crippen molar-refractivity contribution >= 4 is 34.4 Å². The van der Waals surface area contributed by atoms with Gasteiger partial charge >= 0.3 is 0 Å². The molecule has 5 nitrogen and oxygen atoms in total. The molecule has 0 spiro atoms. The minimum absolute atomic E-state index is 0.0625. The lowest BCUT2D eigenvalue weighted by Gasteiger charge is -2.30. The van der Waals surface area contributed by atoms with E-state index in [1.165, 1.54) is 0 Å². The summed E-state index contributed by atoms with van der Waals surface area (Å²) in [5, 5.41) is 0.145. The standard InChI is InChI=1S/C19H23ClF2N4O/c1-4-6-26(19(27)11(2)3)12-5-7-25(10-12)18-17(20)23-15-8-13(21)14(22)9-16(15)24-18/h8-9,11-12H,4-7,10H2,1-3H3/t12-/m0/s1. The van der Waals surface area contributed by atoms with Gasteiger partial charge in [-0.1, -0.05) is 32.4 Å². The Hall–Kier alpha value is -2.02. The van der Waals surface area contributed by atoms with E-state index in [1.807, 2.05) is 30.6 Å². The number of amides is 1. The highest BCUT2D eigenvalue weighted by Gasteiger charge is 2.33. The van der Waals surface area contributed by atoms with Gasteiger partial charge in [0.2, 0.25) is 5.91 Å². The van der Waals surface area contributed by atoms with E-state index in [4.69, 9.17) is 11.6 Å². The highest BCUT2D eigenvalue weighted by Crippen LogP contribution is 2.30. The number of carbonyl (C=O) groups is 1. The van der Waals surface area contributed by atoms with Crippen LogP contribution < -0.4 is 4.90 Å². The maximum Gasteiger partial charge on any atom is 0.225 e. The van der Waals surface area contributed by atoms with Gasteiger partial charge in [0, 0.05) is 37.7 Å². The van der Waals surface area contributed by atoms with Gasteiger partial charge < -0.3 is 9.80 Å². The number of carbonyl (C=O) groups excluding carboxylic acids is 1. The third-order valence-electron chi connectivity index (χ3n) is 4.79. The quantitative estimate of drug-likeness (QED) is 0.765. The van der Waals surface area contributed by atoms with Crippen LogP contribution in [0.5, 0.6) is 0 Å². The van der Waals surface area contributed by atoms with Crippen LogP contribution in [-0.4, -0.2) is 46.5 Å². The minimum Gasteiger partial charge on any atom is -0.352 e. The number of anilines is 1. The van der Waals surface area contributed by atoms with E-state index in [9.17, 15) is 13.6 Å². The van der Waals surface area contributed by atoms with E-state index in [2.05, 4.69) is 9.97 Å². The average Bonchev–Trinajstić information content (AvgIpc) is 3.09. The molecule has 1 aromatic carbocycles. The molecule has 27 heavy (non-hydrogen) atoms. The summed E-state index contributed by atoms with van der Waals surface area (Å²) in [5.74, 6) is -1.44. The van der Waals surface area contributed by atoms with Crippen LogP contribution >= 0.6 is 11.6 Å². The molecule has 1 aliphatic rings. The number of halogens is 3. The van der Waals surface area contributed by atoms with Crippen LogP contribution in [0, 0.1) is 17.6 Å². The summed E-state index contributed by atoms with van der Waals surface area (Å²) in [5.41, 5.74) is 0.460. The molecule has 3 rings (SSSR count). The number of hydrogen-bond donors (Lipinski definition) is 0. The Labute approximate surface area is 162 Å². The van der Waals surface area contributed by atoms with Crippen molar-refractivity contribution in [3.05, 3.63) is 28.9 Å². The zero-order valence-corrected chi connectivity index (χ0v) is 16.4. The fraction of sp³-hybridized carbons (Fsp3) is 0.526. The van der Waals surface area contributed by atoms with Crippen LogP contribution in [-0.2, 0) is 4.79 Å². The molecule has 0 radical (unpaired) electrons. The molecule has 2 heterocycles. The van der Waals surface area contributed by atoms with Crippen LogP contribution in [0.1, 0.15) is 33.6 Å². The summed E-state index contributed by atoms with van der Waals surface area (Å²) in [4.78, 5) is 25.0. The molecule has 1 aliphatic heterocycles. The summed E-state index contributed by atoms with van der Waals surface area (Å²) in [6, 6.07) is 2.08. The Morgan fingerprint density at radius 1 is 1.30 bits per heavy atom. The van der Waals surface area contributed by atoms with E-state index in [-0.39, 0.29) is 34.1 Å². The Morgan fingerprint density at radius 3 is 2.52 bits per heavy atom. The summed E-state index contributed by atoms with van der Waals surface area (Å²) < 4.78 is 26.9. The lowest BCUT2D eigenvalue weighted by atomic mass is 10.1.